The zero-order valence-electron chi connectivity index (χ0n) is 15.6. The summed E-state index contributed by atoms with van der Waals surface area (Å²) in [4.78, 5) is 40.3. The zero-order valence-corrected chi connectivity index (χ0v) is 17.2. The number of anilines is 1. The number of rotatable bonds is 3. The number of carbonyl (C=O) groups excluding carboxylic acids is 3. The second kappa shape index (κ2) is 8.87. The Hall–Kier alpha value is -1.89. The van der Waals surface area contributed by atoms with Crippen molar-refractivity contribution in [2.45, 2.75) is 32.6 Å². The minimum absolute atomic E-state index is 0.00809. The minimum Gasteiger partial charge on any atom is -0.343 e. The maximum absolute atomic E-state index is 12.7. The summed E-state index contributed by atoms with van der Waals surface area (Å²) in [5.41, 5.74) is 0.791. The molecular weight excluding hydrogens is 410 g/mol. The number of hydrogen-bond acceptors (Lipinski definition) is 3. The number of nitrogens with zero attached hydrogens (tertiary/aromatic N) is 2. The first kappa shape index (κ1) is 19.9. The van der Waals surface area contributed by atoms with Crippen molar-refractivity contribution in [3.63, 3.8) is 0 Å². The summed E-state index contributed by atoms with van der Waals surface area (Å²) in [5.74, 6) is 0.244. The number of likely N-dealkylation sites (tertiary alicyclic amines) is 2. The molecule has 2 heterocycles. The van der Waals surface area contributed by atoms with Crippen LogP contribution in [0.4, 0.5) is 5.69 Å². The van der Waals surface area contributed by atoms with Crippen molar-refractivity contribution in [1.29, 1.82) is 0 Å². The standard InChI is InChI=1S/C20H26BrN3O3/c1-14(25)23-10-8-16(9-11-23)20(27)24-12-6-15(7-13-24)19(26)22-18-4-2-17(21)3-5-18/h2-5,15-16H,6-13H2,1H3,(H,22,26). The molecule has 0 aromatic heterocycles. The third-order valence-corrected chi connectivity index (χ3v) is 6.11. The molecule has 0 aliphatic carbocycles. The number of nitrogens with one attached hydrogen (secondary N) is 1. The highest BCUT2D eigenvalue weighted by Gasteiger charge is 2.33. The molecule has 0 saturated carbocycles. The van der Waals surface area contributed by atoms with Gasteiger partial charge in [0.25, 0.3) is 0 Å². The average molecular weight is 436 g/mol. The summed E-state index contributed by atoms with van der Waals surface area (Å²) in [6, 6.07) is 7.53. The monoisotopic (exact) mass is 435 g/mol. The lowest BCUT2D eigenvalue weighted by Gasteiger charge is -2.36. The molecule has 1 aromatic rings. The summed E-state index contributed by atoms with van der Waals surface area (Å²) < 4.78 is 0.974. The molecule has 6 nitrogen and oxygen atoms in total. The normalized spacial score (nSPS) is 19.0. The summed E-state index contributed by atoms with van der Waals surface area (Å²) in [7, 11) is 0. The molecule has 0 spiro atoms. The van der Waals surface area contributed by atoms with E-state index in [1.165, 1.54) is 0 Å². The minimum atomic E-state index is -0.0581. The lowest BCUT2D eigenvalue weighted by molar-refractivity contribution is -0.142. The van der Waals surface area contributed by atoms with Crippen molar-refractivity contribution < 1.29 is 14.4 Å². The molecule has 146 valence electrons. The number of carbonyl (C=O) groups is 3. The van der Waals surface area contributed by atoms with E-state index in [1.54, 1.807) is 6.92 Å². The molecule has 0 atom stereocenters. The predicted molar refractivity (Wildman–Crippen MR) is 107 cm³/mol. The van der Waals surface area contributed by atoms with Gasteiger partial charge in [-0.15, -0.1) is 0 Å². The van der Waals surface area contributed by atoms with E-state index in [0.29, 0.717) is 39.0 Å². The smallest absolute Gasteiger partial charge is 0.227 e. The fourth-order valence-electron chi connectivity index (χ4n) is 3.84. The third-order valence-electron chi connectivity index (χ3n) is 5.58. The molecule has 2 aliphatic heterocycles. The Morgan fingerprint density at radius 3 is 1.96 bits per heavy atom. The van der Waals surface area contributed by atoms with Gasteiger partial charge in [-0.1, -0.05) is 15.9 Å². The quantitative estimate of drug-likeness (QED) is 0.793. The van der Waals surface area contributed by atoms with Crippen LogP contribution in [0.3, 0.4) is 0 Å². The van der Waals surface area contributed by atoms with E-state index in [1.807, 2.05) is 34.1 Å². The van der Waals surface area contributed by atoms with Gasteiger partial charge in [-0.25, -0.2) is 0 Å². The van der Waals surface area contributed by atoms with Crippen molar-refractivity contribution >= 4 is 39.3 Å². The van der Waals surface area contributed by atoms with Crippen LogP contribution in [0.1, 0.15) is 32.6 Å². The van der Waals surface area contributed by atoms with Gasteiger partial charge in [0, 0.05) is 55.1 Å². The highest BCUT2D eigenvalue weighted by Crippen LogP contribution is 2.25. The first-order valence-corrected chi connectivity index (χ1v) is 10.3. The van der Waals surface area contributed by atoms with E-state index in [9.17, 15) is 14.4 Å². The van der Waals surface area contributed by atoms with Crippen LogP contribution in [0.5, 0.6) is 0 Å². The van der Waals surface area contributed by atoms with Gasteiger partial charge in [0.1, 0.15) is 0 Å². The molecule has 3 amide bonds. The van der Waals surface area contributed by atoms with E-state index >= 15 is 0 Å². The Morgan fingerprint density at radius 1 is 0.889 bits per heavy atom. The Kier molecular flexibility index (Phi) is 6.52. The van der Waals surface area contributed by atoms with Gasteiger partial charge < -0.3 is 15.1 Å². The lowest BCUT2D eigenvalue weighted by atomic mass is 9.91. The molecule has 7 heteroatoms. The molecule has 2 fully saturated rings. The molecule has 0 unspecified atom stereocenters. The van der Waals surface area contributed by atoms with E-state index in [2.05, 4.69) is 21.2 Å². The highest BCUT2D eigenvalue weighted by molar-refractivity contribution is 9.10. The van der Waals surface area contributed by atoms with Crippen molar-refractivity contribution in [2.24, 2.45) is 11.8 Å². The van der Waals surface area contributed by atoms with Crippen LogP contribution >= 0.6 is 15.9 Å². The molecule has 2 aliphatic rings. The number of hydrogen-bond donors (Lipinski definition) is 1. The molecule has 2 saturated heterocycles. The molecule has 0 bridgehead atoms. The van der Waals surface area contributed by atoms with E-state index in [-0.39, 0.29) is 29.6 Å². The van der Waals surface area contributed by atoms with Crippen LogP contribution in [0.15, 0.2) is 28.7 Å². The summed E-state index contributed by atoms with van der Waals surface area (Å²) in [6.45, 7) is 4.16. The number of piperidine rings is 2. The predicted octanol–water partition coefficient (Wildman–Crippen LogP) is 2.88. The van der Waals surface area contributed by atoms with Gasteiger partial charge in [-0.2, -0.15) is 0 Å². The summed E-state index contributed by atoms with van der Waals surface area (Å²) >= 11 is 3.38. The maximum atomic E-state index is 12.7. The van der Waals surface area contributed by atoms with Crippen molar-refractivity contribution in [3.05, 3.63) is 28.7 Å². The van der Waals surface area contributed by atoms with Gasteiger partial charge in [0.15, 0.2) is 0 Å². The Labute approximate surface area is 168 Å². The summed E-state index contributed by atoms with van der Waals surface area (Å²) in [5, 5.41) is 2.96. The maximum Gasteiger partial charge on any atom is 0.227 e. The second-order valence-electron chi connectivity index (χ2n) is 7.38. The van der Waals surface area contributed by atoms with Crippen LogP contribution in [-0.2, 0) is 14.4 Å². The fraction of sp³-hybridized carbons (Fsp3) is 0.550. The van der Waals surface area contributed by atoms with E-state index < -0.39 is 0 Å². The Balaban J connectivity index is 1.45. The van der Waals surface area contributed by atoms with Gasteiger partial charge in [0.2, 0.25) is 17.7 Å². The average Bonchev–Trinajstić information content (AvgIpc) is 2.69. The number of halogens is 1. The largest absolute Gasteiger partial charge is 0.343 e. The SMILES string of the molecule is CC(=O)N1CCC(C(=O)N2CCC(C(=O)Nc3ccc(Br)cc3)CC2)CC1. The van der Waals surface area contributed by atoms with E-state index in [0.717, 1.165) is 23.0 Å². The highest BCUT2D eigenvalue weighted by atomic mass is 79.9. The van der Waals surface area contributed by atoms with Gasteiger partial charge in [-0.3, -0.25) is 14.4 Å². The first-order chi connectivity index (χ1) is 12.9. The molecule has 0 radical (unpaired) electrons. The Morgan fingerprint density at radius 2 is 1.41 bits per heavy atom. The van der Waals surface area contributed by atoms with Crippen molar-refractivity contribution in [3.8, 4) is 0 Å². The zero-order chi connectivity index (χ0) is 19.4. The third kappa shape index (κ3) is 5.09. The fourth-order valence-corrected chi connectivity index (χ4v) is 4.10. The molecule has 3 rings (SSSR count). The van der Waals surface area contributed by atoms with Crippen LogP contribution < -0.4 is 5.32 Å². The Bertz CT molecular complexity index is 691. The van der Waals surface area contributed by atoms with Gasteiger partial charge in [0.05, 0.1) is 0 Å². The van der Waals surface area contributed by atoms with Gasteiger partial charge in [-0.05, 0) is 49.9 Å². The molecule has 27 heavy (non-hydrogen) atoms. The van der Waals surface area contributed by atoms with E-state index in [4.69, 9.17) is 0 Å². The first-order valence-electron chi connectivity index (χ1n) is 9.55. The molecular formula is C20H26BrN3O3. The summed E-state index contributed by atoms with van der Waals surface area (Å²) in [6.07, 6.45) is 2.87. The van der Waals surface area contributed by atoms with Crippen LogP contribution in [0, 0.1) is 11.8 Å². The number of amides is 3. The topological polar surface area (TPSA) is 69.7 Å². The second-order valence-corrected chi connectivity index (χ2v) is 8.29. The molecule has 1 N–H and O–H groups in total. The van der Waals surface area contributed by atoms with Crippen LogP contribution in [0.2, 0.25) is 0 Å². The number of benzene rings is 1. The lowest BCUT2D eigenvalue weighted by Crippen LogP contribution is -2.47. The van der Waals surface area contributed by atoms with Crippen molar-refractivity contribution in [2.75, 3.05) is 31.5 Å². The van der Waals surface area contributed by atoms with Crippen molar-refractivity contribution in [1.82, 2.24) is 9.80 Å². The molecule has 1 aromatic carbocycles. The van der Waals surface area contributed by atoms with Gasteiger partial charge >= 0.3 is 0 Å². The van der Waals surface area contributed by atoms with Crippen LogP contribution in [-0.4, -0.2) is 53.7 Å². The van der Waals surface area contributed by atoms with Crippen LogP contribution in [0.25, 0.3) is 0 Å².